The lowest BCUT2D eigenvalue weighted by Crippen LogP contribution is -2.34. The number of hydrogen-bond acceptors (Lipinski definition) is 4. The molecule has 5 rings (SSSR count). The maximum atomic E-state index is 6.52. The second-order valence-corrected chi connectivity index (χ2v) is 8.71. The standard InChI is InChI=1S/C26H22Cl2N2O3/c27-21-8-11-24(25(28)14-21)26(17-30-13-12-29-18-30)32-16-23(33-26)15-31-22-9-6-20(7-10-22)19-4-2-1-3-5-19/h1-14,18,23H,15-17H2/t23?,26-/m1/s1. The minimum atomic E-state index is -1.06. The van der Waals surface area contributed by atoms with Crippen LogP contribution in [-0.2, 0) is 21.8 Å². The molecule has 33 heavy (non-hydrogen) atoms. The fraction of sp³-hybridized carbons (Fsp3) is 0.192. The second-order valence-electron chi connectivity index (χ2n) is 7.86. The topological polar surface area (TPSA) is 45.5 Å². The normalized spacial score (nSPS) is 20.1. The van der Waals surface area contributed by atoms with Crippen molar-refractivity contribution in [2.24, 2.45) is 0 Å². The molecule has 7 heteroatoms. The number of nitrogens with zero attached hydrogens (tertiary/aromatic N) is 2. The molecule has 1 fully saturated rings. The minimum Gasteiger partial charge on any atom is -0.491 e. The van der Waals surface area contributed by atoms with E-state index < -0.39 is 5.79 Å². The van der Waals surface area contributed by atoms with Crippen molar-refractivity contribution in [1.29, 1.82) is 0 Å². The van der Waals surface area contributed by atoms with Gasteiger partial charge in [-0.2, -0.15) is 0 Å². The summed E-state index contributed by atoms with van der Waals surface area (Å²) in [5, 5.41) is 1.04. The highest BCUT2D eigenvalue weighted by Gasteiger charge is 2.45. The number of ether oxygens (including phenoxy) is 3. The molecule has 1 unspecified atom stereocenters. The third kappa shape index (κ3) is 4.92. The molecule has 0 N–H and O–H groups in total. The molecular weight excluding hydrogens is 459 g/mol. The van der Waals surface area contributed by atoms with Gasteiger partial charge in [-0.05, 0) is 35.4 Å². The van der Waals surface area contributed by atoms with Crippen LogP contribution in [0.15, 0.2) is 91.5 Å². The monoisotopic (exact) mass is 480 g/mol. The molecule has 0 spiro atoms. The molecule has 1 aliphatic heterocycles. The van der Waals surface area contributed by atoms with Crippen LogP contribution in [0.25, 0.3) is 11.1 Å². The largest absolute Gasteiger partial charge is 0.491 e. The van der Waals surface area contributed by atoms with E-state index in [0.717, 1.165) is 16.9 Å². The van der Waals surface area contributed by atoms with E-state index >= 15 is 0 Å². The maximum absolute atomic E-state index is 6.52. The van der Waals surface area contributed by atoms with E-state index in [1.165, 1.54) is 5.56 Å². The first-order valence-electron chi connectivity index (χ1n) is 10.6. The summed E-state index contributed by atoms with van der Waals surface area (Å²) < 4.78 is 20.6. The van der Waals surface area contributed by atoms with E-state index in [1.807, 2.05) is 59.3 Å². The first-order chi connectivity index (χ1) is 16.1. The Bertz CT molecular complexity index is 1200. The first-order valence-corrected chi connectivity index (χ1v) is 11.4. The van der Waals surface area contributed by atoms with Crippen LogP contribution in [0, 0.1) is 0 Å². The molecule has 2 heterocycles. The smallest absolute Gasteiger partial charge is 0.215 e. The molecule has 3 aromatic carbocycles. The van der Waals surface area contributed by atoms with Gasteiger partial charge in [0.15, 0.2) is 0 Å². The Morgan fingerprint density at radius 1 is 1.00 bits per heavy atom. The van der Waals surface area contributed by atoms with Gasteiger partial charge in [-0.25, -0.2) is 4.98 Å². The number of aromatic nitrogens is 2. The molecule has 1 aliphatic rings. The van der Waals surface area contributed by atoms with Crippen LogP contribution in [0.2, 0.25) is 10.0 Å². The predicted octanol–water partition coefficient (Wildman–Crippen LogP) is 6.20. The summed E-state index contributed by atoms with van der Waals surface area (Å²) in [5.74, 6) is -0.289. The van der Waals surface area contributed by atoms with Gasteiger partial charge in [0.05, 0.1) is 24.5 Å². The maximum Gasteiger partial charge on any atom is 0.215 e. The third-order valence-corrected chi connectivity index (χ3v) is 6.10. The lowest BCUT2D eigenvalue weighted by Gasteiger charge is -2.30. The molecule has 0 aliphatic carbocycles. The zero-order valence-electron chi connectivity index (χ0n) is 17.7. The number of imidazole rings is 1. The lowest BCUT2D eigenvalue weighted by atomic mass is 10.1. The van der Waals surface area contributed by atoms with E-state index in [2.05, 4.69) is 17.1 Å². The van der Waals surface area contributed by atoms with Gasteiger partial charge in [-0.3, -0.25) is 0 Å². The van der Waals surface area contributed by atoms with Gasteiger partial charge in [0, 0.05) is 23.0 Å². The van der Waals surface area contributed by atoms with Crippen molar-refractivity contribution in [3.8, 4) is 16.9 Å². The SMILES string of the molecule is Clc1ccc([C@]2(Cn3ccnc3)OCC(COc3ccc(-c4ccccc4)cc3)O2)c(Cl)c1. The highest BCUT2D eigenvalue weighted by Crippen LogP contribution is 2.40. The van der Waals surface area contributed by atoms with E-state index in [-0.39, 0.29) is 6.10 Å². The van der Waals surface area contributed by atoms with Crippen molar-refractivity contribution in [3.63, 3.8) is 0 Å². The molecule has 0 bridgehead atoms. The van der Waals surface area contributed by atoms with Crippen LogP contribution in [0.5, 0.6) is 5.75 Å². The van der Waals surface area contributed by atoms with Crippen molar-refractivity contribution in [2.45, 2.75) is 18.4 Å². The highest BCUT2D eigenvalue weighted by molar-refractivity contribution is 6.35. The summed E-state index contributed by atoms with van der Waals surface area (Å²) in [4.78, 5) is 4.12. The Balaban J connectivity index is 1.29. The van der Waals surface area contributed by atoms with Gasteiger partial charge < -0.3 is 18.8 Å². The van der Waals surface area contributed by atoms with Crippen molar-refractivity contribution >= 4 is 23.2 Å². The van der Waals surface area contributed by atoms with E-state index in [4.69, 9.17) is 37.4 Å². The summed E-state index contributed by atoms with van der Waals surface area (Å²) in [5.41, 5.74) is 3.03. The van der Waals surface area contributed by atoms with Gasteiger partial charge in [0.25, 0.3) is 0 Å². The Labute approximate surface area is 202 Å². The number of benzene rings is 3. The van der Waals surface area contributed by atoms with Crippen LogP contribution < -0.4 is 4.74 Å². The van der Waals surface area contributed by atoms with Gasteiger partial charge in [0.2, 0.25) is 5.79 Å². The predicted molar refractivity (Wildman–Crippen MR) is 129 cm³/mol. The van der Waals surface area contributed by atoms with Crippen molar-refractivity contribution in [1.82, 2.24) is 9.55 Å². The summed E-state index contributed by atoms with van der Waals surface area (Å²) in [7, 11) is 0. The Hall–Kier alpha value is -2.83. The van der Waals surface area contributed by atoms with Gasteiger partial charge in [0.1, 0.15) is 18.5 Å². The highest BCUT2D eigenvalue weighted by atomic mass is 35.5. The fourth-order valence-electron chi connectivity index (χ4n) is 3.94. The van der Waals surface area contributed by atoms with Crippen LogP contribution >= 0.6 is 23.2 Å². The quantitative estimate of drug-likeness (QED) is 0.315. The fourth-order valence-corrected chi connectivity index (χ4v) is 4.49. The Morgan fingerprint density at radius 2 is 1.79 bits per heavy atom. The molecule has 1 saturated heterocycles. The molecule has 4 aromatic rings. The molecule has 2 atom stereocenters. The zero-order valence-corrected chi connectivity index (χ0v) is 19.2. The summed E-state index contributed by atoms with van der Waals surface area (Å²) in [6.07, 6.45) is 5.02. The molecule has 1 aromatic heterocycles. The van der Waals surface area contributed by atoms with E-state index in [1.54, 1.807) is 24.7 Å². The summed E-state index contributed by atoms with van der Waals surface area (Å²) in [6, 6.07) is 23.6. The van der Waals surface area contributed by atoms with Crippen molar-refractivity contribution in [3.05, 3.63) is 107 Å². The van der Waals surface area contributed by atoms with Crippen molar-refractivity contribution < 1.29 is 14.2 Å². The van der Waals surface area contributed by atoms with Gasteiger partial charge >= 0.3 is 0 Å². The molecular formula is C26H22Cl2N2O3. The van der Waals surface area contributed by atoms with Gasteiger partial charge in [-0.15, -0.1) is 0 Å². The van der Waals surface area contributed by atoms with Gasteiger partial charge in [-0.1, -0.05) is 71.7 Å². The van der Waals surface area contributed by atoms with Crippen LogP contribution in [0.3, 0.4) is 0 Å². The van der Waals surface area contributed by atoms with E-state index in [9.17, 15) is 0 Å². The van der Waals surface area contributed by atoms with Crippen molar-refractivity contribution in [2.75, 3.05) is 13.2 Å². The van der Waals surface area contributed by atoms with Crippen LogP contribution in [-0.4, -0.2) is 28.9 Å². The number of rotatable bonds is 7. The lowest BCUT2D eigenvalue weighted by molar-refractivity contribution is -0.189. The minimum absolute atomic E-state index is 0.269. The average molecular weight is 481 g/mol. The number of halogens is 2. The molecule has 168 valence electrons. The zero-order chi connectivity index (χ0) is 22.7. The first kappa shape index (κ1) is 22.0. The molecule has 0 radical (unpaired) electrons. The van der Waals surface area contributed by atoms with E-state index in [0.29, 0.717) is 29.8 Å². The van der Waals surface area contributed by atoms with Crippen LogP contribution in [0.4, 0.5) is 0 Å². The molecule has 0 saturated carbocycles. The van der Waals surface area contributed by atoms with Crippen LogP contribution in [0.1, 0.15) is 5.56 Å². The Kier molecular flexibility index (Phi) is 6.38. The summed E-state index contributed by atoms with van der Waals surface area (Å²) in [6.45, 7) is 1.12. The average Bonchev–Trinajstić information content (AvgIpc) is 3.49. The molecule has 0 amide bonds. The molecule has 5 nitrogen and oxygen atoms in total. The third-order valence-electron chi connectivity index (χ3n) is 5.55. The Morgan fingerprint density at radius 3 is 2.52 bits per heavy atom. The second kappa shape index (κ2) is 9.57. The number of hydrogen-bond donors (Lipinski definition) is 0. The summed E-state index contributed by atoms with van der Waals surface area (Å²) >= 11 is 12.6.